The number of fused-ring (bicyclic) bond motifs is 1. The van der Waals surface area contributed by atoms with E-state index < -0.39 is 0 Å². The van der Waals surface area contributed by atoms with Gasteiger partial charge in [-0.15, -0.1) is 0 Å². The lowest BCUT2D eigenvalue weighted by molar-refractivity contribution is -0.145. The van der Waals surface area contributed by atoms with Gasteiger partial charge in [0.05, 0.1) is 18.8 Å². The molecular formula is C19H32N2O4. The molecule has 4 fully saturated rings. The van der Waals surface area contributed by atoms with Gasteiger partial charge in [0.1, 0.15) is 6.61 Å². The summed E-state index contributed by atoms with van der Waals surface area (Å²) >= 11 is 0. The van der Waals surface area contributed by atoms with E-state index in [1.54, 1.807) is 0 Å². The third kappa shape index (κ3) is 4.18. The zero-order chi connectivity index (χ0) is 17.1. The van der Waals surface area contributed by atoms with Gasteiger partial charge in [0.15, 0.2) is 0 Å². The van der Waals surface area contributed by atoms with E-state index in [4.69, 9.17) is 14.2 Å². The monoisotopic (exact) mass is 352 g/mol. The molecule has 0 aromatic rings. The summed E-state index contributed by atoms with van der Waals surface area (Å²) in [6.07, 6.45) is 6.96. The molecule has 6 nitrogen and oxygen atoms in total. The molecule has 0 aromatic carbocycles. The molecule has 6 heteroatoms. The molecule has 1 amide bonds. The Morgan fingerprint density at radius 3 is 2.60 bits per heavy atom. The average Bonchev–Trinajstić information content (AvgIpc) is 3.31. The first-order valence-corrected chi connectivity index (χ1v) is 10.1. The van der Waals surface area contributed by atoms with Crippen LogP contribution in [0.1, 0.15) is 38.5 Å². The Balaban J connectivity index is 1.27. The van der Waals surface area contributed by atoms with E-state index in [1.165, 1.54) is 12.8 Å². The summed E-state index contributed by atoms with van der Waals surface area (Å²) in [5.74, 6) is 0.903. The lowest BCUT2D eigenvalue weighted by atomic mass is 9.98. The predicted octanol–water partition coefficient (Wildman–Crippen LogP) is 1.28. The number of hydrogen-bond donors (Lipinski definition) is 0. The van der Waals surface area contributed by atoms with Crippen molar-refractivity contribution in [1.29, 1.82) is 0 Å². The molecule has 1 aliphatic carbocycles. The summed E-state index contributed by atoms with van der Waals surface area (Å²) in [5.41, 5.74) is 0. The smallest absolute Gasteiger partial charge is 0.248 e. The van der Waals surface area contributed by atoms with E-state index in [0.717, 1.165) is 77.6 Å². The van der Waals surface area contributed by atoms with Crippen molar-refractivity contribution in [2.45, 2.75) is 56.8 Å². The summed E-state index contributed by atoms with van der Waals surface area (Å²) < 4.78 is 17.6. The number of morpholine rings is 1. The number of carbonyl (C=O) groups excluding carboxylic acids is 1. The largest absolute Gasteiger partial charge is 0.381 e. The third-order valence-corrected chi connectivity index (χ3v) is 6.36. The third-order valence-electron chi connectivity index (χ3n) is 6.36. The van der Waals surface area contributed by atoms with Crippen LogP contribution in [0.15, 0.2) is 0 Å². The van der Waals surface area contributed by atoms with Crippen molar-refractivity contribution in [1.82, 2.24) is 9.80 Å². The number of hydrogen-bond acceptors (Lipinski definition) is 5. The SMILES string of the molecule is O=C(CO[C@@H]1CC[C@H]2[C@H]1OCCN2CC1CCOCC1)N1CCCC1. The highest BCUT2D eigenvalue weighted by Gasteiger charge is 2.44. The van der Waals surface area contributed by atoms with Crippen LogP contribution < -0.4 is 0 Å². The minimum atomic E-state index is 0.0778. The van der Waals surface area contributed by atoms with Crippen LogP contribution >= 0.6 is 0 Å². The molecule has 4 aliphatic rings. The van der Waals surface area contributed by atoms with Gasteiger partial charge in [0.2, 0.25) is 5.91 Å². The maximum Gasteiger partial charge on any atom is 0.248 e. The number of likely N-dealkylation sites (tertiary alicyclic amines) is 1. The topological polar surface area (TPSA) is 51.2 Å². The number of nitrogens with zero attached hydrogens (tertiary/aromatic N) is 2. The summed E-state index contributed by atoms with van der Waals surface area (Å²) in [6, 6.07) is 0.462. The highest BCUT2D eigenvalue weighted by Crippen LogP contribution is 2.33. The van der Waals surface area contributed by atoms with Crippen molar-refractivity contribution in [2.75, 3.05) is 52.6 Å². The van der Waals surface area contributed by atoms with Gasteiger partial charge >= 0.3 is 0 Å². The Labute approximate surface area is 150 Å². The normalized spacial score (nSPS) is 34.4. The van der Waals surface area contributed by atoms with E-state index in [9.17, 15) is 4.79 Å². The lowest BCUT2D eigenvalue weighted by Gasteiger charge is -2.41. The fraction of sp³-hybridized carbons (Fsp3) is 0.947. The summed E-state index contributed by atoms with van der Waals surface area (Å²) in [4.78, 5) is 16.8. The first-order valence-electron chi connectivity index (χ1n) is 10.1. The van der Waals surface area contributed by atoms with Crippen LogP contribution in [0.5, 0.6) is 0 Å². The molecule has 3 heterocycles. The van der Waals surface area contributed by atoms with E-state index >= 15 is 0 Å². The van der Waals surface area contributed by atoms with Gasteiger partial charge in [-0.3, -0.25) is 9.69 Å². The van der Waals surface area contributed by atoms with Crippen molar-refractivity contribution < 1.29 is 19.0 Å². The molecule has 0 aromatic heterocycles. The van der Waals surface area contributed by atoms with Gasteiger partial charge < -0.3 is 19.1 Å². The molecular weight excluding hydrogens is 320 g/mol. The van der Waals surface area contributed by atoms with Crippen LogP contribution in [0.25, 0.3) is 0 Å². The molecule has 25 heavy (non-hydrogen) atoms. The Morgan fingerprint density at radius 1 is 1.00 bits per heavy atom. The standard InChI is InChI=1S/C19H32N2O4/c22-18(20-7-1-2-8-20)14-25-17-4-3-16-19(17)24-12-9-21(16)13-15-5-10-23-11-6-15/h15-17,19H,1-14H2/t16-,17+,19+/m0/s1. The van der Waals surface area contributed by atoms with Crippen molar-refractivity contribution in [3.63, 3.8) is 0 Å². The number of carbonyl (C=O) groups is 1. The quantitative estimate of drug-likeness (QED) is 0.746. The molecule has 0 spiro atoms. The number of rotatable bonds is 5. The van der Waals surface area contributed by atoms with Crippen molar-refractivity contribution >= 4 is 5.91 Å². The van der Waals surface area contributed by atoms with E-state index in [-0.39, 0.29) is 24.7 Å². The zero-order valence-electron chi connectivity index (χ0n) is 15.2. The van der Waals surface area contributed by atoms with Crippen LogP contribution in [0.4, 0.5) is 0 Å². The Morgan fingerprint density at radius 2 is 1.80 bits per heavy atom. The molecule has 1 saturated carbocycles. The zero-order valence-corrected chi connectivity index (χ0v) is 15.2. The van der Waals surface area contributed by atoms with E-state index in [0.29, 0.717) is 6.04 Å². The molecule has 0 bridgehead atoms. The molecule has 3 aliphatic heterocycles. The summed E-state index contributed by atoms with van der Waals surface area (Å²) in [6.45, 7) is 6.80. The average molecular weight is 352 g/mol. The van der Waals surface area contributed by atoms with Crippen LogP contribution in [0.2, 0.25) is 0 Å². The maximum absolute atomic E-state index is 12.2. The Hall–Kier alpha value is -0.690. The lowest BCUT2D eigenvalue weighted by Crippen LogP contribution is -2.53. The van der Waals surface area contributed by atoms with Gasteiger partial charge in [-0.05, 0) is 44.4 Å². The highest BCUT2D eigenvalue weighted by atomic mass is 16.5. The predicted molar refractivity (Wildman–Crippen MR) is 93.4 cm³/mol. The second-order valence-corrected chi connectivity index (χ2v) is 7.97. The molecule has 4 rings (SSSR count). The Bertz CT molecular complexity index is 449. The van der Waals surface area contributed by atoms with Gasteiger partial charge in [-0.1, -0.05) is 0 Å². The molecule has 3 saturated heterocycles. The maximum atomic E-state index is 12.2. The van der Waals surface area contributed by atoms with Crippen LogP contribution in [-0.2, 0) is 19.0 Å². The molecule has 142 valence electrons. The minimum Gasteiger partial charge on any atom is -0.381 e. The first kappa shape index (κ1) is 17.7. The second-order valence-electron chi connectivity index (χ2n) is 7.97. The summed E-state index contributed by atoms with van der Waals surface area (Å²) in [5, 5.41) is 0. The van der Waals surface area contributed by atoms with E-state index in [1.807, 2.05) is 4.90 Å². The molecule has 0 unspecified atom stereocenters. The van der Waals surface area contributed by atoms with E-state index in [2.05, 4.69) is 4.90 Å². The molecule has 0 radical (unpaired) electrons. The number of amides is 1. The van der Waals surface area contributed by atoms with Gasteiger partial charge in [0, 0.05) is 45.4 Å². The molecule has 3 atom stereocenters. The van der Waals surface area contributed by atoms with Crippen LogP contribution in [0, 0.1) is 5.92 Å². The van der Waals surface area contributed by atoms with Crippen molar-refractivity contribution in [2.24, 2.45) is 5.92 Å². The van der Waals surface area contributed by atoms with Crippen molar-refractivity contribution in [3.8, 4) is 0 Å². The van der Waals surface area contributed by atoms with Gasteiger partial charge in [-0.25, -0.2) is 0 Å². The fourth-order valence-electron chi connectivity index (χ4n) is 4.89. The molecule has 0 N–H and O–H groups in total. The van der Waals surface area contributed by atoms with Crippen molar-refractivity contribution in [3.05, 3.63) is 0 Å². The highest BCUT2D eigenvalue weighted by molar-refractivity contribution is 5.77. The van der Waals surface area contributed by atoms with Crippen LogP contribution in [-0.4, -0.2) is 86.6 Å². The fourth-order valence-corrected chi connectivity index (χ4v) is 4.89. The second kappa shape index (κ2) is 8.33. The summed E-state index contributed by atoms with van der Waals surface area (Å²) in [7, 11) is 0. The van der Waals surface area contributed by atoms with Crippen LogP contribution in [0.3, 0.4) is 0 Å². The number of ether oxygens (including phenoxy) is 3. The Kier molecular flexibility index (Phi) is 5.90. The van der Waals surface area contributed by atoms with Gasteiger partial charge in [-0.2, -0.15) is 0 Å². The first-order chi connectivity index (χ1) is 12.3. The van der Waals surface area contributed by atoms with Gasteiger partial charge in [0.25, 0.3) is 0 Å². The minimum absolute atomic E-state index is 0.0778.